The molecule has 0 bridgehead atoms. The summed E-state index contributed by atoms with van der Waals surface area (Å²) in [5, 5.41) is 19.9. The van der Waals surface area contributed by atoms with Crippen molar-refractivity contribution in [1.82, 2.24) is 4.90 Å². The molecule has 1 aromatic rings. The van der Waals surface area contributed by atoms with Crippen LogP contribution in [0.3, 0.4) is 0 Å². The van der Waals surface area contributed by atoms with Crippen LogP contribution in [0.5, 0.6) is 0 Å². The summed E-state index contributed by atoms with van der Waals surface area (Å²) < 4.78 is 0. The topological polar surface area (TPSA) is 101 Å². The van der Waals surface area contributed by atoms with Crippen LogP contribution in [-0.2, 0) is 4.79 Å². The van der Waals surface area contributed by atoms with Crippen molar-refractivity contribution < 1.29 is 19.6 Å². The van der Waals surface area contributed by atoms with E-state index in [9.17, 15) is 24.8 Å². The molecule has 0 radical (unpaired) electrons. The Kier molecular flexibility index (Phi) is 3.87. The average Bonchev–Trinajstić information content (AvgIpc) is 2.81. The van der Waals surface area contributed by atoms with Crippen LogP contribution in [0.2, 0.25) is 5.02 Å². The van der Waals surface area contributed by atoms with E-state index >= 15 is 0 Å². The summed E-state index contributed by atoms with van der Waals surface area (Å²) in [5.74, 6) is -1.71. The Morgan fingerprint density at radius 2 is 2.14 bits per heavy atom. The van der Waals surface area contributed by atoms with Crippen molar-refractivity contribution >= 4 is 29.2 Å². The lowest BCUT2D eigenvalue weighted by molar-refractivity contribution is -0.384. The Balaban J connectivity index is 2.44. The van der Waals surface area contributed by atoms with Crippen LogP contribution >= 0.6 is 11.6 Å². The molecular weight excluding hydrogens is 300 g/mol. The van der Waals surface area contributed by atoms with Crippen molar-refractivity contribution in [2.45, 2.75) is 25.3 Å². The van der Waals surface area contributed by atoms with Gasteiger partial charge in [0.2, 0.25) is 0 Å². The molecule has 1 saturated heterocycles. The molecule has 1 fully saturated rings. The maximum atomic E-state index is 12.5. The monoisotopic (exact) mass is 312 g/mol. The fourth-order valence-corrected chi connectivity index (χ4v) is 2.76. The molecule has 1 aliphatic rings. The highest BCUT2D eigenvalue weighted by atomic mass is 35.5. The van der Waals surface area contributed by atoms with E-state index in [1.165, 1.54) is 30.0 Å². The van der Waals surface area contributed by atoms with E-state index in [0.717, 1.165) is 0 Å². The Hall–Kier alpha value is -2.15. The van der Waals surface area contributed by atoms with Gasteiger partial charge in [-0.25, -0.2) is 4.79 Å². The summed E-state index contributed by atoms with van der Waals surface area (Å²) in [6.07, 6.45) is 0.891. The number of hydrogen-bond acceptors (Lipinski definition) is 4. The van der Waals surface area contributed by atoms with Crippen LogP contribution < -0.4 is 0 Å². The summed E-state index contributed by atoms with van der Waals surface area (Å²) in [4.78, 5) is 35.3. The summed E-state index contributed by atoms with van der Waals surface area (Å²) in [6.45, 7) is 1.74. The SMILES string of the molecule is CC1(C(=O)O)CCCN1C(=O)c1cccc([N+](=O)[O-])c1Cl. The lowest BCUT2D eigenvalue weighted by atomic mass is 9.98. The van der Waals surface area contributed by atoms with E-state index in [1.54, 1.807) is 0 Å². The molecule has 1 N–H and O–H groups in total. The van der Waals surface area contributed by atoms with Gasteiger partial charge in [0.05, 0.1) is 10.5 Å². The molecule has 0 aliphatic carbocycles. The van der Waals surface area contributed by atoms with Crippen molar-refractivity contribution in [3.05, 3.63) is 38.9 Å². The lowest BCUT2D eigenvalue weighted by Crippen LogP contribution is -2.50. The predicted octanol–water partition coefficient (Wildman–Crippen LogP) is 2.33. The fourth-order valence-electron chi connectivity index (χ4n) is 2.48. The molecule has 8 heteroatoms. The average molecular weight is 313 g/mol. The second-order valence-electron chi connectivity index (χ2n) is 5.04. The van der Waals surface area contributed by atoms with Crippen molar-refractivity contribution in [3.63, 3.8) is 0 Å². The molecule has 1 atom stereocenters. The van der Waals surface area contributed by atoms with Crippen molar-refractivity contribution in [3.8, 4) is 0 Å². The maximum absolute atomic E-state index is 12.5. The number of aliphatic carboxylic acids is 1. The highest BCUT2D eigenvalue weighted by molar-refractivity contribution is 6.35. The van der Waals surface area contributed by atoms with Crippen LogP contribution in [-0.4, -0.2) is 38.9 Å². The van der Waals surface area contributed by atoms with E-state index in [1.807, 2.05) is 0 Å². The largest absolute Gasteiger partial charge is 0.480 e. The summed E-state index contributed by atoms with van der Waals surface area (Å²) >= 11 is 5.91. The fraction of sp³-hybridized carbons (Fsp3) is 0.385. The smallest absolute Gasteiger partial charge is 0.329 e. The Labute approximate surface area is 125 Å². The minimum absolute atomic E-state index is 0.0553. The molecule has 1 heterocycles. The van der Waals surface area contributed by atoms with Gasteiger partial charge in [-0.1, -0.05) is 17.7 Å². The number of carboxylic acid groups (broad SMARTS) is 1. The molecule has 0 spiro atoms. The number of nitro groups is 1. The minimum atomic E-state index is -1.31. The molecule has 112 valence electrons. The van der Waals surface area contributed by atoms with Gasteiger partial charge in [0.1, 0.15) is 10.6 Å². The van der Waals surface area contributed by atoms with Crippen LogP contribution in [0.25, 0.3) is 0 Å². The van der Waals surface area contributed by atoms with Crippen LogP contribution in [0.1, 0.15) is 30.1 Å². The predicted molar refractivity (Wildman–Crippen MR) is 74.4 cm³/mol. The van der Waals surface area contributed by atoms with Crippen LogP contribution in [0.15, 0.2) is 18.2 Å². The number of hydrogen-bond donors (Lipinski definition) is 1. The zero-order valence-electron chi connectivity index (χ0n) is 11.2. The van der Waals surface area contributed by atoms with E-state index < -0.39 is 22.3 Å². The number of amides is 1. The number of nitro benzene ring substituents is 1. The quantitative estimate of drug-likeness (QED) is 0.682. The zero-order chi connectivity index (χ0) is 15.8. The van der Waals surface area contributed by atoms with Gasteiger partial charge >= 0.3 is 5.97 Å². The molecule has 1 unspecified atom stereocenters. The molecule has 1 amide bonds. The highest BCUT2D eigenvalue weighted by Gasteiger charge is 2.46. The highest BCUT2D eigenvalue weighted by Crippen LogP contribution is 2.34. The zero-order valence-corrected chi connectivity index (χ0v) is 12.0. The van der Waals surface area contributed by atoms with E-state index in [-0.39, 0.29) is 22.8 Å². The number of likely N-dealkylation sites (tertiary alicyclic amines) is 1. The van der Waals surface area contributed by atoms with Crippen molar-refractivity contribution in [2.75, 3.05) is 6.54 Å². The first-order chi connectivity index (χ1) is 9.79. The van der Waals surface area contributed by atoms with Gasteiger partial charge in [0.15, 0.2) is 0 Å². The van der Waals surface area contributed by atoms with Gasteiger partial charge in [-0.2, -0.15) is 0 Å². The maximum Gasteiger partial charge on any atom is 0.329 e. The van der Waals surface area contributed by atoms with Crippen LogP contribution in [0, 0.1) is 10.1 Å². The Bertz CT molecular complexity index is 633. The summed E-state index contributed by atoms with van der Waals surface area (Å²) in [6, 6.07) is 3.91. The van der Waals surface area contributed by atoms with Crippen molar-refractivity contribution in [1.29, 1.82) is 0 Å². The van der Waals surface area contributed by atoms with Crippen molar-refractivity contribution in [2.24, 2.45) is 0 Å². The number of rotatable bonds is 3. The molecule has 21 heavy (non-hydrogen) atoms. The molecule has 0 aromatic heterocycles. The Morgan fingerprint density at radius 3 is 2.71 bits per heavy atom. The van der Waals surface area contributed by atoms with Gasteiger partial charge < -0.3 is 10.0 Å². The first-order valence-corrected chi connectivity index (χ1v) is 6.65. The van der Waals surface area contributed by atoms with Gasteiger partial charge in [-0.05, 0) is 25.8 Å². The summed E-state index contributed by atoms with van der Waals surface area (Å²) in [7, 11) is 0. The molecule has 7 nitrogen and oxygen atoms in total. The van der Waals surface area contributed by atoms with Crippen LogP contribution in [0.4, 0.5) is 5.69 Å². The third kappa shape index (κ3) is 2.44. The number of halogens is 1. The van der Waals surface area contributed by atoms with Gasteiger partial charge in [0.25, 0.3) is 11.6 Å². The third-order valence-corrected chi connectivity index (χ3v) is 4.15. The third-order valence-electron chi connectivity index (χ3n) is 3.75. The molecule has 1 aromatic carbocycles. The van der Waals surface area contributed by atoms with Gasteiger partial charge in [-0.15, -0.1) is 0 Å². The number of benzene rings is 1. The van der Waals surface area contributed by atoms with Gasteiger partial charge in [-0.3, -0.25) is 14.9 Å². The molecule has 2 rings (SSSR count). The molecule has 0 saturated carbocycles. The van der Waals surface area contributed by atoms with E-state index in [2.05, 4.69) is 0 Å². The Morgan fingerprint density at radius 1 is 1.48 bits per heavy atom. The molecule has 1 aliphatic heterocycles. The number of nitrogens with zero attached hydrogens (tertiary/aromatic N) is 2. The second kappa shape index (κ2) is 5.33. The lowest BCUT2D eigenvalue weighted by Gasteiger charge is -2.31. The number of carboxylic acids is 1. The van der Waals surface area contributed by atoms with E-state index in [4.69, 9.17) is 11.6 Å². The second-order valence-corrected chi connectivity index (χ2v) is 5.41. The normalized spacial score (nSPS) is 21.3. The minimum Gasteiger partial charge on any atom is -0.480 e. The van der Waals surface area contributed by atoms with Gasteiger partial charge in [0, 0.05) is 12.6 Å². The summed E-state index contributed by atoms with van der Waals surface area (Å²) in [5.41, 5.74) is -1.75. The number of carbonyl (C=O) groups is 2. The van der Waals surface area contributed by atoms with E-state index in [0.29, 0.717) is 12.8 Å². The first kappa shape index (κ1) is 15.2. The number of carbonyl (C=O) groups excluding carboxylic acids is 1. The molecular formula is C13H13ClN2O5. The first-order valence-electron chi connectivity index (χ1n) is 6.27. The standard InChI is InChI=1S/C13H13ClN2O5/c1-13(12(18)19)6-3-7-15(13)11(17)8-4-2-5-9(10(8)14)16(20)21/h2,4-5H,3,6-7H2,1H3,(H,18,19).